The van der Waals surface area contributed by atoms with E-state index in [0.29, 0.717) is 17.5 Å². The molecule has 0 bridgehead atoms. The number of thioether (sulfide) groups is 1. The van der Waals surface area contributed by atoms with Crippen molar-refractivity contribution in [3.8, 4) is 11.4 Å². The van der Waals surface area contributed by atoms with Crippen LogP contribution in [0.4, 0.5) is 0 Å². The number of amides is 1. The Morgan fingerprint density at radius 3 is 2.79 bits per heavy atom. The van der Waals surface area contributed by atoms with Crippen molar-refractivity contribution in [2.45, 2.75) is 11.7 Å². The Labute approximate surface area is 114 Å². The van der Waals surface area contributed by atoms with Gasteiger partial charge in [0.25, 0.3) is 0 Å². The molecule has 0 saturated heterocycles. The van der Waals surface area contributed by atoms with E-state index in [4.69, 9.17) is 5.73 Å². The van der Waals surface area contributed by atoms with Gasteiger partial charge in [-0.05, 0) is 12.1 Å². The van der Waals surface area contributed by atoms with Crippen molar-refractivity contribution in [2.75, 3.05) is 5.75 Å². The molecular weight excluding hydrogens is 262 g/mol. The zero-order chi connectivity index (χ0) is 13.7. The van der Waals surface area contributed by atoms with Gasteiger partial charge in [0.2, 0.25) is 5.91 Å². The van der Waals surface area contributed by atoms with Crippen molar-refractivity contribution < 1.29 is 4.79 Å². The maximum atomic E-state index is 10.8. The second kappa shape index (κ2) is 6.14. The zero-order valence-electron chi connectivity index (χ0n) is 10.2. The molecule has 0 unspecified atom stereocenters. The average Bonchev–Trinajstić information content (AvgIpc) is 2.81. The first-order valence-corrected chi connectivity index (χ1v) is 6.56. The molecule has 6 nitrogen and oxygen atoms in total. The summed E-state index contributed by atoms with van der Waals surface area (Å²) in [6.45, 7) is 4.28. The fourth-order valence-electron chi connectivity index (χ4n) is 1.54. The van der Waals surface area contributed by atoms with E-state index in [2.05, 4.69) is 21.8 Å². The zero-order valence-corrected chi connectivity index (χ0v) is 11.0. The molecule has 98 valence electrons. The van der Waals surface area contributed by atoms with Gasteiger partial charge in [-0.15, -0.1) is 16.8 Å². The van der Waals surface area contributed by atoms with Gasteiger partial charge in [-0.1, -0.05) is 17.8 Å². The molecule has 0 aliphatic carbocycles. The van der Waals surface area contributed by atoms with E-state index in [1.807, 2.05) is 16.7 Å². The molecule has 2 aromatic rings. The van der Waals surface area contributed by atoms with Crippen LogP contribution in [0, 0.1) is 0 Å². The highest BCUT2D eigenvalue weighted by Crippen LogP contribution is 2.23. The Morgan fingerprint density at radius 2 is 2.16 bits per heavy atom. The van der Waals surface area contributed by atoms with Crippen molar-refractivity contribution in [2.24, 2.45) is 5.73 Å². The van der Waals surface area contributed by atoms with E-state index >= 15 is 0 Å². The molecular formula is C12H13N5OS. The summed E-state index contributed by atoms with van der Waals surface area (Å²) < 4.78 is 1.88. The van der Waals surface area contributed by atoms with Crippen LogP contribution in [0.3, 0.4) is 0 Å². The van der Waals surface area contributed by atoms with Crippen molar-refractivity contribution in [1.29, 1.82) is 0 Å². The molecule has 0 saturated carbocycles. The third kappa shape index (κ3) is 3.19. The fraction of sp³-hybridized carbons (Fsp3) is 0.167. The standard InChI is InChI=1S/C12H13N5OS/c1-2-7-17-11(9-3-5-14-6-4-9)15-16-12(17)19-8-10(13)18/h2-6H,1,7-8H2,(H2,13,18). The minimum absolute atomic E-state index is 0.172. The number of hydrogen-bond acceptors (Lipinski definition) is 5. The van der Waals surface area contributed by atoms with Gasteiger partial charge in [0.05, 0.1) is 5.75 Å². The number of nitrogens with zero attached hydrogens (tertiary/aromatic N) is 4. The van der Waals surface area contributed by atoms with Crippen LogP contribution in [0.15, 0.2) is 42.3 Å². The van der Waals surface area contributed by atoms with Crippen LogP contribution in [0.2, 0.25) is 0 Å². The van der Waals surface area contributed by atoms with Crippen LogP contribution in [0.5, 0.6) is 0 Å². The summed E-state index contributed by atoms with van der Waals surface area (Å²) in [5, 5.41) is 8.87. The van der Waals surface area contributed by atoms with Crippen molar-refractivity contribution in [1.82, 2.24) is 19.7 Å². The van der Waals surface area contributed by atoms with Crippen molar-refractivity contribution in [3.05, 3.63) is 37.2 Å². The summed E-state index contributed by atoms with van der Waals surface area (Å²) in [4.78, 5) is 14.8. The topological polar surface area (TPSA) is 86.7 Å². The molecule has 2 heterocycles. The highest BCUT2D eigenvalue weighted by atomic mass is 32.2. The number of aromatic nitrogens is 4. The maximum Gasteiger partial charge on any atom is 0.227 e. The smallest absolute Gasteiger partial charge is 0.227 e. The fourth-order valence-corrected chi connectivity index (χ4v) is 2.23. The van der Waals surface area contributed by atoms with Crippen molar-refractivity contribution >= 4 is 17.7 Å². The summed E-state index contributed by atoms with van der Waals surface area (Å²) in [6.07, 6.45) is 5.14. The minimum Gasteiger partial charge on any atom is -0.369 e. The minimum atomic E-state index is -0.386. The lowest BCUT2D eigenvalue weighted by molar-refractivity contribution is -0.115. The first-order valence-electron chi connectivity index (χ1n) is 5.58. The summed E-state index contributed by atoms with van der Waals surface area (Å²) in [5.41, 5.74) is 6.05. The second-order valence-corrected chi connectivity index (χ2v) is 4.64. The molecule has 2 rings (SSSR count). The number of carbonyl (C=O) groups excluding carboxylic acids is 1. The molecule has 2 N–H and O–H groups in total. The van der Waals surface area contributed by atoms with Gasteiger partial charge in [0.1, 0.15) is 0 Å². The number of pyridine rings is 1. The van der Waals surface area contributed by atoms with E-state index in [9.17, 15) is 4.79 Å². The second-order valence-electron chi connectivity index (χ2n) is 3.70. The Hall–Kier alpha value is -2.15. The molecule has 7 heteroatoms. The number of rotatable bonds is 6. The first-order chi connectivity index (χ1) is 9.22. The van der Waals surface area contributed by atoms with Crippen LogP contribution >= 0.6 is 11.8 Å². The van der Waals surface area contributed by atoms with Gasteiger partial charge >= 0.3 is 0 Å². The van der Waals surface area contributed by atoms with Gasteiger partial charge in [0, 0.05) is 24.5 Å². The predicted octanol–water partition coefficient (Wildman–Crippen LogP) is 1.10. The molecule has 1 amide bonds. The number of allylic oxidation sites excluding steroid dienone is 1. The molecule has 0 aromatic carbocycles. The summed E-state index contributed by atoms with van der Waals surface area (Å²) in [7, 11) is 0. The van der Waals surface area contributed by atoms with E-state index in [0.717, 1.165) is 5.56 Å². The van der Waals surface area contributed by atoms with Gasteiger partial charge in [0.15, 0.2) is 11.0 Å². The average molecular weight is 275 g/mol. The lowest BCUT2D eigenvalue weighted by atomic mass is 10.2. The molecule has 0 radical (unpaired) electrons. The Morgan fingerprint density at radius 1 is 1.42 bits per heavy atom. The SMILES string of the molecule is C=CCn1c(SCC(N)=O)nnc1-c1ccncc1. The van der Waals surface area contributed by atoms with Gasteiger partial charge in [-0.2, -0.15) is 0 Å². The van der Waals surface area contributed by atoms with E-state index in [-0.39, 0.29) is 11.7 Å². The predicted molar refractivity (Wildman–Crippen MR) is 73.4 cm³/mol. The lowest BCUT2D eigenvalue weighted by Crippen LogP contribution is -2.13. The highest BCUT2D eigenvalue weighted by molar-refractivity contribution is 7.99. The summed E-state index contributed by atoms with van der Waals surface area (Å²) in [5.74, 6) is 0.504. The summed E-state index contributed by atoms with van der Waals surface area (Å²) in [6, 6.07) is 3.71. The number of carbonyl (C=O) groups is 1. The molecule has 0 aliphatic rings. The normalized spacial score (nSPS) is 10.3. The van der Waals surface area contributed by atoms with Crippen LogP contribution in [-0.4, -0.2) is 31.4 Å². The monoisotopic (exact) mass is 275 g/mol. The van der Waals surface area contributed by atoms with E-state index in [1.165, 1.54) is 11.8 Å². The van der Waals surface area contributed by atoms with Gasteiger partial charge in [-0.3, -0.25) is 14.3 Å². The highest BCUT2D eigenvalue weighted by Gasteiger charge is 2.13. The van der Waals surface area contributed by atoms with Gasteiger partial charge < -0.3 is 5.73 Å². The Bertz CT molecular complexity index is 581. The molecule has 0 spiro atoms. The molecule has 19 heavy (non-hydrogen) atoms. The van der Waals surface area contributed by atoms with Crippen LogP contribution in [0.25, 0.3) is 11.4 Å². The third-order valence-electron chi connectivity index (χ3n) is 2.31. The number of hydrogen-bond donors (Lipinski definition) is 1. The van der Waals surface area contributed by atoms with E-state index < -0.39 is 0 Å². The summed E-state index contributed by atoms with van der Waals surface area (Å²) >= 11 is 1.26. The molecule has 2 aromatic heterocycles. The third-order valence-corrected chi connectivity index (χ3v) is 3.30. The molecule has 0 atom stereocenters. The quantitative estimate of drug-likeness (QED) is 0.630. The Balaban J connectivity index is 2.34. The number of primary amides is 1. The first kappa shape index (κ1) is 13.3. The lowest BCUT2D eigenvalue weighted by Gasteiger charge is -2.06. The van der Waals surface area contributed by atoms with Crippen molar-refractivity contribution in [3.63, 3.8) is 0 Å². The van der Waals surface area contributed by atoms with Crippen LogP contribution in [-0.2, 0) is 11.3 Å². The van der Waals surface area contributed by atoms with Gasteiger partial charge in [-0.25, -0.2) is 0 Å². The molecule has 0 fully saturated rings. The largest absolute Gasteiger partial charge is 0.369 e. The number of nitrogens with two attached hydrogens (primary N) is 1. The molecule has 0 aliphatic heterocycles. The van der Waals surface area contributed by atoms with Crippen LogP contribution < -0.4 is 5.73 Å². The Kier molecular flexibility index (Phi) is 4.30. The maximum absolute atomic E-state index is 10.8. The van der Waals surface area contributed by atoms with E-state index in [1.54, 1.807) is 18.5 Å². The van der Waals surface area contributed by atoms with Crippen LogP contribution in [0.1, 0.15) is 0 Å².